The lowest BCUT2D eigenvalue weighted by Crippen LogP contribution is -2.51. The summed E-state index contributed by atoms with van der Waals surface area (Å²) in [7, 11) is 0. The molecule has 32 heavy (non-hydrogen) atoms. The Balaban J connectivity index is 1.28. The molecule has 2 aromatic rings. The lowest BCUT2D eigenvalue weighted by Gasteiger charge is -2.37. The van der Waals surface area contributed by atoms with Gasteiger partial charge in [-0.1, -0.05) is 17.3 Å². The van der Waals surface area contributed by atoms with Crippen LogP contribution in [0.4, 0.5) is 8.78 Å². The molecule has 0 N–H and O–H groups in total. The quantitative estimate of drug-likeness (QED) is 0.644. The van der Waals surface area contributed by atoms with E-state index in [0.29, 0.717) is 30.6 Å². The van der Waals surface area contributed by atoms with E-state index < -0.39 is 6.61 Å². The van der Waals surface area contributed by atoms with Crippen molar-refractivity contribution in [1.29, 1.82) is 0 Å². The summed E-state index contributed by atoms with van der Waals surface area (Å²) in [5.74, 6) is 0.864. The second kappa shape index (κ2) is 10.4. The molecule has 0 aliphatic carbocycles. The molecule has 3 heterocycles. The van der Waals surface area contributed by atoms with Gasteiger partial charge in [0, 0.05) is 38.8 Å². The highest BCUT2D eigenvalue weighted by atomic mass is 19.3. The van der Waals surface area contributed by atoms with Crippen molar-refractivity contribution in [2.45, 2.75) is 45.4 Å². The van der Waals surface area contributed by atoms with Gasteiger partial charge >= 0.3 is 6.61 Å². The van der Waals surface area contributed by atoms with Crippen molar-refractivity contribution in [3.05, 3.63) is 30.2 Å². The number of hydrogen-bond donors (Lipinski definition) is 0. The number of rotatable bonds is 7. The van der Waals surface area contributed by atoms with Crippen LogP contribution in [0.15, 0.2) is 28.8 Å². The second-order valence-corrected chi connectivity index (χ2v) is 8.37. The first-order valence-corrected chi connectivity index (χ1v) is 11.1. The van der Waals surface area contributed by atoms with Crippen LogP contribution in [-0.2, 0) is 11.3 Å². The Hall–Kier alpha value is -2.59. The maximum absolute atomic E-state index is 12.7. The lowest BCUT2D eigenvalue weighted by molar-refractivity contribution is -0.136. The van der Waals surface area contributed by atoms with Crippen molar-refractivity contribution in [3.8, 4) is 17.1 Å². The van der Waals surface area contributed by atoms with Crippen molar-refractivity contribution in [2.75, 3.05) is 39.3 Å². The molecule has 1 aromatic heterocycles. The Morgan fingerprint density at radius 2 is 1.91 bits per heavy atom. The number of halogens is 2. The molecule has 4 rings (SSSR count). The van der Waals surface area contributed by atoms with Crippen LogP contribution >= 0.6 is 0 Å². The maximum Gasteiger partial charge on any atom is 0.387 e. The molecule has 0 spiro atoms. The highest BCUT2D eigenvalue weighted by molar-refractivity contribution is 5.78. The van der Waals surface area contributed by atoms with E-state index >= 15 is 0 Å². The maximum atomic E-state index is 12.7. The number of ether oxygens (including phenoxy) is 1. The minimum atomic E-state index is -2.93. The van der Waals surface area contributed by atoms with Crippen molar-refractivity contribution >= 4 is 5.91 Å². The van der Waals surface area contributed by atoms with Gasteiger partial charge in [-0.25, -0.2) is 0 Å². The predicted molar refractivity (Wildman–Crippen MR) is 113 cm³/mol. The van der Waals surface area contributed by atoms with Crippen molar-refractivity contribution in [1.82, 2.24) is 24.8 Å². The number of carbonyl (C=O) groups is 1. The third-order valence-corrected chi connectivity index (χ3v) is 6.12. The van der Waals surface area contributed by atoms with Gasteiger partial charge in [0.25, 0.3) is 0 Å². The zero-order chi connectivity index (χ0) is 22.5. The van der Waals surface area contributed by atoms with E-state index in [1.54, 1.807) is 18.2 Å². The predicted octanol–water partition coefficient (Wildman–Crippen LogP) is 2.86. The summed E-state index contributed by atoms with van der Waals surface area (Å²) in [6.07, 6.45) is 3.38. The molecular weight excluding hydrogens is 420 g/mol. The zero-order valence-electron chi connectivity index (χ0n) is 18.3. The van der Waals surface area contributed by atoms with Gasteiger partial charge in [0.15, 0.2) is 0 Å². The summed E-state index contributed by atoms with van der Waals surface area (Å²) in [6, 6.07) is 6.71. The average molecular weight is 450 g/mol. The third kappa shape index (κ3) is 5.60. The molecule has 0 saturated carbocycles. The zero-order valence-corrected chi connectivity index (χ0v) is 18.3. The van der Waals surface area contributed by atoms with E-state index in [1.807, 2.05) is 4.90 Å². The molecule has 1 amide bonds. The molecule has 10 heteroatoms. The van der Waals surface area contributed by atoms with Crippen LogP contribution in [0, 0.1) is 0 Å². The van der Waals surface area contributed by atoms with Gasteiger partial charge in [0.05, 0.1) is 18.7 Å². The van der Waals surface area contributed by atoms with Crippen molar-refractivity contribution in [3.63, 3.8) is 0 Å². The van der Waals surface area contributed by atoms with Gasteiger partial charge in [-0.15, -0.1) is 0 Å². The van der Waals surface area contributed by atoms with Crippen LogP contribution < -0.4 is 4.74 Å². The van der Waals surface area contributed by atoms with Gasteiger partial charge in [-0.2, -0.15) is 13.8 Å². The Labute approximate surface area is 186 Å². The molecule has 1 atom stereocenters. The summed E-state index contributed by atoms with van der Waals surface area (Å²) < 4.78 is 35.2. The molecule has 0 bridgehead atoms. The first kappa shape index (κ1) is 22.6. The molecule has 8 nitrogen and oxygen atoms in total. The SMILES string of the molecule is CC1CCCCN1C(=O)CN1CCN(Cc2nc(-c3ccccc3OC(F)F)no2)CC1. The fraction of sp³-hybridized carbons (Fsp3) is 0.591. The van der Waals surface area contributed by atoms with Gasteiger partial charge in [-0.3, -0.25) is 14.6 Å². The van der Waals surface area contributed by atoms with Crippen LogP contribution in [0.3, 0.4) is 0 Å². The molecule has 2 fully saturated rings. The van der Waals surface area contributed by atoms with Crippen molar-refractivity contribution in [2.24, 2.45) is 0 Å². The highest BCUT2D eigenvalue weighted by Crippen LogP contribution is 2.29. The lowest BCUT2D eigenvalue weighted by atomic mass is 10.0. The Kier molecular flexibility index (Phi) is 7.31. The van der Waals surface area contributed by atoms with Crippen LogP contribution in [-0.4, -0.2) is 82.7 Å². The van der Waals surface area contributed by atoms with Crippen LogP contribution in [0.5, 0.6) is 5.75 Å². The molecule has 1 unspecified atom stereocenters. The van der Waals surface area contributed by atoms with Crippen molar-refractivity contribution < 1.29 is 22.8 Å². The molecule has 2 aliphatic heterocycles. The minimum absolute atomic E-state index is 0.0103. The molecule has 0 radical (unpaired) electrons. The smallest absolute Gasteiger partial charge is 0.387 e. The average Bonchev–Trinajstić information content (AvgIpc) is 3.23. The summed E-state index contributed by atoms with van der Waals surface area (Å²) in [5.41, 5.74) is 0.359. The number of aromatic nitrogens is 2. The summed E-state index contributed by atoms with van der Waals surface area (Å²) >= 11 is 0. The number of amides is 1. The van der Waals surface area contributed by atoms with Crippen LogP contribution in [0.2, 0.25) is 0 Å². The number of piperazine rings is 1. The monoisotopic (exact) mass is 449 g/mol. The number of benzene rings is 1. The normalized spacial score (nSPS) is 20.6. The number of piperidine rings is 1. The third-order valence-electron chi connectivity index (χ3n) is 6.12. The van der Waals surface area contributed by atoms with Gasteiger partial charge in [0.2, 0.25) is 17.6 Å². The van der Waals surface area contributed by atoms with Gasteiger partial charge in [0.1, 0.15) is 5.75 Å². The van der Waals surface area contributed by atoms with Crippen LogP contribution in [0.1, 0.15) is 32.1 Å². The molecule has 1 aromatic carbocycles. The summed E-state index contributed by atoms with van der Waals surface area (Å²) in [6.45, 7) is 4.15. The summed E-state index contributed by atoms with van der Waals surface area (Å²) in [5, 5.41) is 3.93. The highest BCUT2D eigenvalue weighted by Gasteiger charge is 2.27. The largest absolute Gasteiger partial charge is 0.434 e. The Morgan fingerprint density at radius 3 is 2.66 bits per heavy atom. The second-order valence-electron chi connectivity index (χ2n) is 8.37. The number of hydrogen-bond acceptors (Lipinski definition) is 7. The molecule has 174 valence electrons. The van der Waals surface area contributed by atoms with E-state index in [2.05, 4.69) is 31.6 Å². The van der Waals surface area contributed by atoms with Gasteiger partial charge < -0.3 is 14.2 Å². The number of carbonyl (C=O) groups excluding carboxylic acids is 1. The summed E-state index contributed by atoms with van der Waals surface area (Å²) in [4.78, 5) is 23.4. The fourth-order valence-corrected chi connectivity index (χ4v) is 4.33. The number of para-hydroxylation sites is 1. The first-order chi connectivity index (χ1) is 15.5. The first-order valence-electron chi connectivity index (χ1n) is 11.1. The number of likely N-dealkylation sites (tertiary alicyclic amines) is 1. The molecule has 2 aliphatic rings. The molecule has 2 saturated heterocycles. The van der Waals surface area contributed by atoms with Crippen LogP contribution in [0.25, 0.3) is 11.4 Å². The standard InChI is InChI=1S/C22H29F2N5O3/c1-16-6-4-5-9-29(16)20(30)15-28-12-10-27(11-13-28)14-19-25-21(26-32-19)17-7-2-3-8-18(17)31-22(23)24/h2-3,7-8,16,22H,4-6,9-15H2,1H3. The van der Waals surface area contributed by atoms with E-state index in [-0.39, 0.29) is 17.5 Å². The van der Waals surface area contributed by atoms with E-state index in [1.165, 1.54) is 12.5 Å². The minimum Gasteiger partial charge on any atom is -0.434 e. The Morgan fingerprint density at radius 1 is 1.16 bits per heavy atom. The molecular formula is C22H29F2N5O3. The fourth-order valence-electron chi connectivity index (χ4n) is 4.33. The number of alkyl halides is 2. The number of nitrogens with zero attached hydrogens (tertiary/aromatic N) is 5. The van der Waals surface area contributed by atoms with Gasteiger partial charge in [-0.05, 0) is 38.3 Å². The Bertz CT molecular complexity index is 901. The van der Waals surface area contributed by atoms with E-state index in [0.717, 1.165) is 45.6 Å². The van der Waals surface area contributed by atoms with E-state index in [9.17, 15) is 13.6 Å². The topological polar surface area (TPSA) is 74.9 Å². The van der Waals surface area contributed by atoms with E-state index in [4.69, 9.17) is 4.52 Å².